The molecule has 1 aliphatic heterocycles. The number of carbonyl (C=O) groups is 3. The first kappa shape index (κ1) is 27.5. The van der Waals surface area contributed by atoms with Crippen LogP contribution in [0.2, 0.25) is 4.34 Å². The lowest BCUT2D eigenvalue weighted by atomic mass is 9.99. The van der Waals surface area contributed by atoms with Crippen LogP contribution in [0.3, 0.4) is 0 Å². The summed E-state index contributed by atoms with van der Waals surface area (Å²) in [4.78, 5) is 40.2. The maximum absolute atomic E-state index is 14.3. The Labute approximate surface area is 234 Å². The van der Waals surface area contributed by atoms with Gasteiger partial charge in [0.15, 0.2) is 5.82 Å². The molecule has 0 bridgehead atoms. The highest BCUT2D eigenvalue weighted by Gasteiger charge is 2.38. The first-order valence-corrected chi connectivity index (χ1v) is 13.0. The van der Waals surface area contributed by atoms with Crippen molar-refractivity contribution in [2.45, 2.75) is 18.6 Å². The van der Waals surface area contributed by atoms with E-state index in [0.717, 1.165) is 28.5 Å². The van der Waals surface area contributed by atoms with Gasteiger partial charge in [0.2, 0.25) is 0 Å². The third-order valence-corrected chi connectivity index (χ3v) is 7.82. The third kappa shape index (κ3) is 5.11. The van der Waals surface area contributed by atoms with Gasteiger partial charge in [-0.1, -0.05) is 41.9 Å². The van der Waals surface area contributed by atoms with E-state index in [1.165, 1.54) is 48.1 Å². The molecule has 40 heavy (non-hydrogen) atoms. The molecule has 0 saturated heterocycles. The van der Waals surface area contributed by atoms with E-state index in [-0.39, 0.29) is 50.1 Å². The molecule has 206 valence electrons. The highest BCUT2D eigenvalue weighted by molar-refractivity contribution is 7.18. The number of hydrogen-bond acceptors (Lipinski definition) is 5. The molecule has 0 spiro atoms. The Bertz CT molecular complexity index is 1590. The number of amides is 3. The SMILES string of the molecule is Cn1ncc(F)c1-c1cc(C(=O)NC(Cc2ccccc2C(F)(F)F)CN2C(=O)c3ccccc3C2=O)sc1Cl. The molecule has 1 unspecified atom stereocenters. The molecule has 2 aromatic heterocycles. The third-order valence-electron chi connectivity index (χ3n) is 6.47. The van der Waals surface area contributed by atoms with E-state index >= 15 is 0 Å². The maximum Gasteiger partial charge on any atom is 0.416 e. The lowest BCUT2D eigenvalue weighted by molar-refractivity contribution is -0.138. The minimum Gasteiger partial charge on any atom is -0.346 e. The number of carbonyl (C=O) groups excluding carboxylic acids is 3. The molecule has 3 heterocycles. The fourth-order valence-electron chi connectivity index (χ4n) is 4.64. The van der Waals surface area contributed by atoms with Gasteiger partial charge in [-0.2, -0.15) is 18.3 Å². The van der Waals surface area contributed by atoms with Crippen LogP contribution in [0.5, 0.6) is 0 Å². The van der Waals surface area contributed by atoms with Gasteiger partial charge in [0.25, 0.3) is 17.7 Å². The van der Waals surface area contributed by atoms with E-state index < -0.39 is 41.3 Å². The Balaban J connectivity index is 1.46. The molecule has 0 saturated carbocycles. The maximum atomic E-state index is 14.3. The van der Waals surface area contributed by atoms with Crippen LogP contribution < -0.4 is 5.32 Å². The lowest BCUT2D eigenvalue weighted by Gasteiger charge is -2.25. The van der Waals surface area contributed by atoms with Crippen molar-refractivity contribution in [1.82, 2.24) is 20.0 Å². The van der Waals surface area contributed by atoms with Crippen molar-refractivity contribution in [3.63, 3.8) is 0 Å². The average molecular weight is 591 g/mol. The van der Waals surface area contributed by atoms with Gasteiger partial charge >= 0.3 is 6.18 Å². The smallest absolute Gasteiger partial charge is 0.346 e. The van der Waals surface area contributed by atoms with E-state index in [9.17, 15) is 31.9 Å². The first-order valence-electron chi connectivity index (χ1n) is 11.8. The Kier molecular flexibility index (Phi) is 7.23. The summed E-state index contributed by atoms with van der Waals surface area (Å²) in [7, 11) is 1.50. The number of nitrogens with one attached hydrogen (secondary N) is 1. The number of nitrogens with zero attached hydrogens (tertiary/aromatic N) is 3. The van der Waals surface area contributed by atoms with Crippen molar-refractivity contribution >= 4 is 40.7 Å². The van der Waals surface area contributed by atoms with Crippen LogP contribution in [0.1, 0.15) is 41.5 Å². The molecule has 1 N–H and O–H groups in total. The summed E-state index contributed by atoms with van der Waals surface area (Å²) in [5, 5.41) is 6.48. The van der Waals surface area contributed by atoms with E-state index in [1.807, 2.05) is 0 Å². The van der Waals surface area contributed by atoms with Crippen LogP contribution in [0.25, 0.3) is 11.3 Å². The Morgan fingerprint density at radius 2 is 1.68 bits per heavy atom. The standard InChI is InChI=1S/C27H19ClF4N4O3S/c1-35-22(20(29)12-33-35)18-11-21(40-23(18)28)24(37)34-15(10-14-6-2-5-9-19(14)27(30,31)32)13-36-25(38)16-7-3-4-8-17(16)26(36)39/h2-9,11-12,15H,10,13H2,1H3,(H,34,37). The fraction of sp³-hybridized carbons (Fsp3) is 0.185. The molecular weight excluding hydrogens is 572 g/mol. The largest absolute Gasteiger partial charge is 0.416 e. The number of halogens is 5. The zero-order valence-electron chi connectivity index (χ0n) is 20.6. The molecule has 0 aliphatic carbocycles. The topological polar surface area (TPSA) is 84.3 Å². The van der Waals surface area contributed by atoms with Crippen molar-refractivity contribution in [2.24, 2.45) is 7.05 Å². The van der Waals surface area contributed by atoms with Gasteiger partial charge in [-0.15, -0.1) is 11.3 Å². The quantitative estimate of drug-likeness (QED) is 0.224. The monoisotopic (exact) mass is 590 g/mol. The normalized spacial score (nSPS) is 14.0. The molecule has 4 aromatic rings. The molecule has 0 radical (unpaired) electrons. The molecule has 3 amide bonds. The van der Waals surface area contributed by atoms with Crippen molar-refractivity contribution in [3.8, 4) is 11.3 Å². The van der Waals surface area contributed by atoms with Crippen LogP contribution in [-0.2, 0) is 19.6 Å². The van der Waals surface area contributed by atoms with Gasteiger partial charge < -0.3 is 5.32 Å². The number of fused-ring (bicyclic) bond motifs is 1. The minimum absolute atomic E-state index is 0.0528. The van der Waals surface area contributed by atoms with Crippen molar-refractivity contribution in [3.05, 3.63) is 98.1 Å². The number of hydrogen-bond donors (Lipinski definition) is 1. The predicted molar refractivity (Wildman–Crippen MR) is 140 cm³/mol. The van der Waals surface area contributed by atoms with Crippen molar-refractivity contribution in [1.29, 1.82) is 0 Å². The number of alkyl halides is 3. The summed E-state index contributed by atoms with van der Waals surface area (Å²) in [6.07, 6.45) is -4.00. The lowest BCUT2D eigenvalue weighted by Crippen LogP contribution is -2.47. The Hall–Kier alpha value is -4.03. The molecule has 5 rings (SSSR count). The van der Waals surface area contributed by atoms with Crippen LogP contribution >= 0.6 is 22.9 Å². The molecule has 13 heteroatoms. The molecule has 1 aliphatic rings. The molecule has 0 fully saturated rings. The van der Waals surface area contributed by atoms with Crippen LogP contribution in [0.4, 0.5) is 17.6 Å². The van der Waals surface area contributed by atoms with E-state index in [1.54, 1.807) is 12.1 Å². The average Bonchev–Trinajstić information content (AvgIpc) is 3.53. The summed E-state index contributed by atoms with van der Waals surface area (Å²) in [6, 6.07) is 11.3. The zero-order valence-corrected chi connectivity index (χ0v) is 22.2. The highest BCUT2D eigenvalue weighted by Crippen LogP contribution is 2.37. The number of rotatable bonds is 7. The van der Waals surface area contributed by atoms with Gasteiger partial charge in [0.1, 0.15) is 10.0 Å². The van der Waals surface area contributed by atoms with E-state index in [4.69, 9.17) is 11.6 Å². The summed E-state index contributed by atoms with van der Waals surface area (Å²) in [5.41, 5.74) is -0.415. The van der Waals surface area contributed by atoms with Gasteiger partial charge in [0.05, 0.1) is 33.8 Å². The summed E-state index contributed by atoms with van der Waals surface area (Å²) < 4.78 is 56.8. The molecular formula is C27H19ClF4N4O3S. The zero-order chi connectivity index (χ0) is 28.8. The fourth-order valence-corrected chi connectivity index (χ4v) is 5.82. The second-order valence-electron chi connectivity index (χ2n) is 9.06. The second kappa shape index (κ2) is 10.5. The number of aryl methyl sites for hydroxylation is 1. The molecule has 7 nitrogen and oxygen atoms in total. The minimum atomic E-state index is -4.66. The molecule has 2 aromatic carbocycles. The number of aromatic nitrogens is 2. The Morgan fingerprint density at radius 3 is 2.27 bits per heavy atom. The number of imide groups is 1. The van der Waals surface area contributed by atoms with Crippen LogP contribution in [0, 0.1) is 5.82 Å². The highest BCUT2D eigenvalue weighted by atomic mass is 35.5. The second-order valence-corrected chi connectivity index (χ2v) is 10.7. The number of thiophene rings is 1. The Morgan fingerprint density at radius 1 is 1.05 bits per heavy atom. The van der Waals surface area contributed by atoms with Crippen molar-refractivity contribution < 1.29 is 31.9 Å². The number of benzene rings is 2. The summed E-state index contributed by atoms with van der Waals surface area (Å²) >= 11 is 7.14. The summed E-state index contributed by atoms with van der Waals surface area (Å²) in [6.45, 7) is -0.382. The van der Waals surface area contributed by atoms with E-state index in [0.29, 0.717) is 0 Å². The van der Waals surface area contributed by atoms with Crippen LogP contribution in [-0.4, -0.2) is 45.0 Å². The van der Waals surface area contributed by atoms with Gasteiger partial charge in [-0.25, -0.2) is 4.39 Å². The van der Waals surface area contributed by atoms with Gasteiger partial charge in [-0.3, -0.25) is 24.0 Å². The first-order chi connectivity index (χ1) is 19.0. The van der Waals surface area contributed by atoms with Crippen LogP contribution in [0.15, 0.2) is 60.8 Å². The van der Waals surface area contributed by atoms with E-state index in [2.05, 4.69) is 10.4 Å². The van der Waals surface area contributed by atoms with Gasteiger partial charge in [0, 0.05) is 19.2 Å². The summed E-state index contributed by atoms with van der Waals surface area (Å²) in [5.74, 6) is -2.59. The van der Waals surface area contributed by atoms with Crippen molar-refractivity contribution in [2.75, 3.05) is 6.54 Å². The predicted octanol–water partition coefficient (Wildman–Crippen LogP) is 5.60. The molecule has 1 atom stereocenters. The van der Waals surface area contributed by atoms with Gasteiger partial charge in [-0.05, 0) is 36.2 Å².